The van der Waals surface area contributed by atoms with Crippen LogP contribution in [0.5, 0.6) is 0 Å². The highest BCUT2D eigenvalue weighted by Crippen LogP contribution is 2.40. The molecule has 1 rings (SSSR count). The molecule has 0 radical (unpaired) electrons. The highest BCUT2D eigenvalue weighted by atomic mass is 19.3. The van der Waals surface area contributed by atoms with E-state index >= 15 is 0 Å². The van der Waals surface area contributed by atoms with E-state index in [1.165, 1.54) is 0 Å². The van der Waals surface area contributed by atoms with Crippen LogP contribution in [-0.2, 0) is 0 Å². The van der Waals surface area contributed by atoms with Crippen LogP contribution >= 0.6 is 0 Å². The predicted molar refractivity (Wildman–Crippen MR) is 40.5 cm³/mol. The summed E-state index contributed by atoms with van der Waals surface area (Å²) < 4.78 is 25.7. The second kappa shape index (κ2) is 3.05. The number of alkyl halides is 2. The van der Waals surface area contributed by atoms with E-state index in [0.717, 1.165) is 0 Å². The molecule has 1 saturated carbocycles. The van der Waals surface area contributed by atoms with Crippen molar-refractivity contribution in [3.05, 3.63) is 0 Å². The Morgan fingerprint density at radius 3 is 2.64 bits per heavy atom. The zero-order chi connectivity index (χ0) is 8.48. The van der Waals surface area contributed by atoms with Crippen LogP contribution in [0, 0.1) is 11.8 Å². The molecule has 0 aromatic heterocycles. The molecule has 0 heterocycles. The second-order valence-electron chi connectivity index (χ2n) is 3.54. The normalized spacial score (nSPS) is 37.1. The van der Waals surface area contributed by atoms with Crippen molar-refractivity contribution < 1.29 is 8.78 Å². The molecule has 11 heavy (non-hydrogen) atoms. The first-order chi connectivity index (χ1) is 5.06. The molecule has 0 saturated heterocycles. The van der Waals surface area contributed by atoms with Gasteiger partial charge < -0.3 is 5.73 Å². The van der Waals surface area contributed by atoms with Crippen LogP contribution in [0.25, 0.3) is 0 Å². The Kier molecular flexibility index (Phi) is 2.47. The van der Waals surface area contributed by atoms with Gasteiger partial charge in [-0.1, -0.05) is 6.92 Å². The van der Waals surface area contributed by atoms with Gasteiger partial charge in [0.2, 0.25) is 0 Å². The molecule has 0 unspecified atom stereocenters. The van der Waals surface area contributed by atoms with Crippen LogP contribution in [0.2, 0.25) is 0 Å². The minimum Gasteiger partial charge on any atom is -0.330 e. The molecule has 0 amide bonds. The Hall–Kier alpha value is -0.180. The van der Waals surface area contributed by atoms with E-state index in [9.17, 15) is 8.78 Å². The lowest BCUT2D eigenvalue weighted by atomic mass is 9.80. The maximum absolute atomic E-state index is 12.9. The molecule has 0 bridgehead atoms. The van der Waals surface area contributed by atoms with Gasteiger partial charge in [-0.25, -0.2) is 8.78 Å². The van der Waals surface area contributed by atoms with E-state index < -0.39 is 11.8 Å². The fourth-order valence-corrected chi connectivity index (χ4v) is 1.65. The topological polar surface area (TPSA) is 26.0 Å². The summed E-state index contributed by atoms with van der Waals surface area (Å²) in [4.78, 5) is 0. The summed E-state index contributed by atoms with van der Waals surface area (Å²) in [6.45, 7) is 2.17. The Balaban J connectivity index is 2.48. The van der Waals surface area contributed by atoms with Crippen molar-refractivity contribution in [3.63, 3.8) is 0 Å². The van der Waals surface area contributed by atoms with E-state index in [-0.39, 0.29) is 6.42 Å². The maximum Gasteiger partial charge on any atom is 0.250 e. The molecule has 1 aliphatic rings. The first-order valence-electron chi connectivity index (χ1n) is 4.14. The van der Waals surface area contributed by atoms with Gasteiger partial charge >= 0.3 is 0 Å². The summed E-state index contributed by atoms with van der Waals surface area (Å²) in [6.07, 6.45) is 1.20. The molecule has 66 valence electrons. The molecule has 1 fully saturated rings. The number of nitrogens with two attached hydrogens (primary N) is 1. The number of hydrogen-bond donors (Lipinski definition) is 1. The number of rotatable bonds is 1. The predicted octanol–water partition coefficient (Wildman–Crippen LogP) is 2.02. The standard InChI is InChI=1S/C8H15F2N/c1-6-4-7(5-11)2-3-8(6,9)10/h6-7H,2-5,11H2,1H3/t6-,7-/m0/s1. The first-order valence-corrected chi connectivity index (χ1v) is 4.14. The molecule has 0 aliphatic heterocycles. The van der Waals surface area contributed by atoms with Gasteiger partial charge in [0.05, 0.1) is 0 Å². The minimum atomic E-state index is -2.44. The molecule has 2 atom stereocenters. The van der Waals surface area contributed by atoms with Gasteiger partial charge in [0.1, 0.15) is 0 Å². The molecule has 1 nitrogen and oxygen atoms in total. The third kappa shape index (κ3) is 1.89. The molecule has 0 aromatic carbocycles. The smallest absolute Gasteiger partial charge is 0.250 e. The Labute approximate surface area is 66.0 Å². The molecule has 3 heteroatoms. The minimum absolute atomic E-state index is 0.0238. The monoisotopic (exact) mass is 163 g/mol. The van der Waals surface area contributed by atoms with Crippen LogP contribution in [0.1, 0.15) is 26.2 Å². The van der Waals surface area contributed by atoms with Crippen LogP contribution < -0.4 is 5.73 Å². The van der Waals surface area contributed by atoms with Gasteiger partial charge in [-0.3, -0.25) is 0 Å². The summed E-state index contributed by atoms with van der Waals surface area (Å²) in [5, 5.41) is 0. The maximum atomic E-state index is 12.9. The van der Waals surface area contributed by atoms with Crippen molar-refractivity contribution in [2.45, 2.75) is 32.1 Å². The number of halogens is 2. The summed E-state index contributed by atoms with van der Waals surface area (Å²) in [7, 11) is 0. The van der Waals surface area contributed by atoms with Crippen molar-refractivity contribution in [1.29, 1.82) is 0 Å². The van der Waals surface area contributed by atoms with Gasteiger partial charge in [0.25, 0.3) is 5.92 Å². The summed E-state index contributed by atoms with van der Waals surface area (Å²) in [5.74, 6) is -2.60. The van der Waals surface area contributed by atoms with E-state index in [1.807, 2.05) is 0 Å². The van der Waals surface area contributed by atoms with Gasteiger partial charge in [-0.15, -0.1) is 0 Å². The van der Waals surface area contributed by atoms with Crippen LogP contribution in [0.3, 0.4) is 0 Å². The van der Waals surface area contributed by atoms with Crippen molar-refractivity contribution in [2.24, 2.45) is 17.6 Å². The van der Waals surface area contributed by atoms with Crippen LogP contribution in [-0.4, -0.2) is 12.5 Å². The van der Waals surface area contributed by atoms with Crippen molar-refractivity contribution in [1.82, 2.24) is 0 Å². The van der Waals surface area contributed by atoms with E-state index in [4.69, 9.17) is 5.73 Å². The van der Waals surface area contributed by atoms with E-state index in [0.29, 0.717) is 25.3 Å². The molecule has 1 aliphatic carbocycles. The molecular weight excluding hydrogens is 148 g/mol. The molecule has 0 spiro atoms. The Morgan fingerprint density at radius 2 is 2.18 bits per heavy atom. The van der Waals surface area contributed by atoms with Crippen LogP contribution in [0.4, 0.5) is 8.78 Å². The number of hydrogen-bond acceptors (Lipinski definition) is 1. The van der Waals surface area contributed by atoms with Crippen molar-refractivity contribution in [3.8, 4) is 0 Å². The lowest BCUT2D eigenvalue weighted by Crippen LogP contribution is -2.35. The average Bonchev–Trinajstić information content (AvgIpc) is 1.95. The van der Waals surface area contributed by atoms with Gasteiger partial charge in [-0.2, -0.15) is 0 Å². The second-order valence-corrected chi connectivity index (χ2v) is 3.54. The SMILES string of the molecule is C[C@H]1C[C@@H](CN)CCC1(F)F. The third-order valence-corrected chi connectivity index (χ3v) is 2.63. The lowest BCUT2D eigenvalue weighted by Gasteiger charge is -2.33. The fraction of sp³-hybridized carbons (Fsp3) is 1.00. The van der Waals surface area contributed by atoms with Crippen molar-refractivity contribution in [2.75, 3.05) is 6.54 Å². The summed E-state index contributed by atoms with van der Waals surface area (Å²) in [6, 6.07) is 0. The third-order valence-electron chi connectivity index (χ3n) is 2.63. The van der Waals surface area contributed by atoms with Gasteiger partial charge in [-0.05, 0) is 25.3 Å². The quantitative estimate of drug-likeness (QED) is 0.628. The van der Waals surface area contributed by atoms with Gasteiger partial charge in [0.15, 0.2) is 0 Å². The molecule has 0 aromatic rings. The first kappa shape index (κ1) is 8.91. The van der Waals surface area contributed by atoms with Crippen LogP contribution in [0.15, 0.2) is 0 Å². The summed E-state index contributed by atoms with van der Waals surface area (Å²) in [5.41, 5.74) is 5.41. The van der Waals surface area contributed by atoms with Gasteiger partial charge in [0, 0.05) is 12.3 Å². The zero-order valence-corrected chi connectivity index (χ0v) is 6.82. The van der Waals surface area contributed by atoms with Crippen molar-refractivity contribution >= 4 is 0 Å². The largest absolute Gasteiger partial charge is 0.330 e. The highest BCUT2D eigenvalue weighted by molar-refractivity contribution is 4.83. The fourth-order valence-electron chi connectivity index (χ4n) is 1.65. The molecular formula is C8H15F2N. The van der Waals surface area contributed by atoms with E-state index in [1.54, 1.807) is 6.92 Å². The lowest BCUT2D eigenvalue weighted by molar-refractivity contribution is -0.0896. The van der Waals surface area contributed by atoms with E-state index in [2.05, 4.69) is 0 Å². The Bertz CT molecular complexity index is 136. The Morgan fingerprint density at radius 1 is 1.55 bits per heavy atom. The average molecular weight is 163 g/mol. The zero-order valence-electron chi connectivity index (χ0n) is 6.82. The molecule has 2 N–H and O–H groups in total. The highest BCUT2D eigenvalue weighted by Gasteiger charge is 2.41. The summed E-state index contributed by atoms with van der Waals surface area (Å²) >= 11 is 0.